The van der Waals surface area contributed by atoms with Crippen LogP contribution in [-0.4, -0.2) is 39.4 Å². The first-order valence-electron chi connectivity index (χ1n) is 7.83. The van der Waals surface area contributed by atoms with Crippen LogP contribution in [0.4, 0.5) is 0 Å². The lowest BCUT2D eigenvalue weighted by atomic mass is 10.1. The Bertz CT molecular complexity index is 690. The zero-order chi connectivity index (χ0) is 15.4. The number of aromatic nitrogens is 2. The van der Waals surface area contributed by atoms with E-state index in [0.717, 1.165) is 13.0 Å². The molecule has 3 rings (SSSR count). The number of rotatable bonds is 5. The maximum atomic E-state index is 11.9. The molecule has 1 aromatic heterocycles. The zero-order valence-electron chi connectivity index (χ0n) is 12.6. The van der Waals surface area contributed by atoms with Crippen LogP contribution >= 0.6 is 0 Å². The van der Waals surface area contributed by atoms with Gasteiger partial charge >= 0.3 is 0 Å². The molecule has 1 aliphatic heterocycles. The molecule has 1 aliphatic rings. The molecule has 116 valence electrons. The zero-order valence-corrected chi connectivity index (χ0v) is 12.6. The quantitative estimate of drug-likeness (QED) is 0.918. The number of aromatic hydroxyl groups is 1. The van der Waals surface area contributed by atoms with Crippen molar-refractivity contribution >= 4 is 0 Å². The summed E-state index contributed by atoms with van der Waals surface area (Å²) in [6.45, 7) is 3.95. The van der Waals surface area contributed by atoms with E-state index < -0.39 is 0 Å². The maximum absolute atomic E-state index is 11.9. The Labute approximate surface area is 129 Å². The van der Waals surface area contributed by atoms with Gasteiger partial charge in [0.05, 0.1) is 5.69 Å². The summed E-state index contributed by atoms with van der Waals surface area (Å²) < 4.78 is 1.50. The van der Waals surface area contributed by atoms with Crippen LogP contribution in [0.3, 0.4) is 0 Å². The first-order valence-corrected chi connectivity index (χ1v) is 7.83. The van der Waals surface area contributed by atoms with Crippen LogP contribution in [0.1, 0.15) is 19.3 Å². The molecular formula is C17H21N3O2. The predicted octanol–water partition coefficient (Wildman–Crippen LogP) is 2.10. The number of phenolic OH excluding ortho intramolecular Hbond substituents is 1. The second-order valence-corrected chi connectivity index (χ2v) is 5.70. The number of benzene rings is 1. The molecule has 22 heavy (non-hydrogen) atoms. The van der Waals surface area contributed by atoms with E-state index in [9.17, 15) is 9.90 Å². The molecule has 0 aliphatic carbocycles. The molecular weight excluding hydrogens is 278 g/mol. The van der Waals surface area contributed by atoms with Crippen molar-refractivity contribution in [3.8, 4) is 17.0 Å². The van der Waals surface area contributed by atoms with Crippen LogP contribution in [0.5, 0.6) is 5.75 Å². The van der Waals surface area contributed by atoms with Crippen molar-refractivity contribution in [1.82, 2.24) is 14.7 Å². The molecule has 1 N–H and O–H groups in total. The Hall–Kier alpha value is -2.14. The van der Waals surface area contributed by atoms with Gasteiger partial charge in [0.25, 0.3) is 5.56 Å². The summed E-state index contributed by atoms with van der Waals surface area (Å²) in [6, 6.07) is 10.2. The first kappa shape index (κ1) is 14.8. The van der Waals surface area contributed by atoms with E-state index >= 15 is 0 Å². The summed E-state index contributed by atoms with van der Waals surface area (Å²) in [7, 11) is 0. The summed E-state index contributed by atoms with van der Waals surface area (Å²) in [5, 5.41) is 14.3. The molecule has 0 bridgehead atoms. The summed E-state index contributed by atoms with van der Waals surface area (Å²) in [5.74, 6) is 0.178. The van der Waals surface area contributed by atoms with Gasteiger partial charge in [-0.25, -0.2) is 4.68 Å². The van der Waals surface area contributed by atoms with Gasteiger partial charge in [0.1, 0.15) is 5.75 Å². The Morgan fingerprint density at radius 1 is 1.05 bits per heavy atom. The molecule has 1 saturated heterocycles. The Kier molecular flexibility index (Phi) is 4.53. The van der Waals surface area contributed by atoms with Crippen molar-refractivity contribution < 1.29 is 5.11 Å². The third-order valence-corrected chi connectivity index (χ3v) is 4.09. The summed E-state index contributed by atoms with van der Waals surface area (Å²) in [6.07, 6.45) is 3.47. The smallest absolute Gasteiger partial charge is 0.266 e. The van der Waals surface area contributed by atoms with E-state index in [2.05, 4.69) is 10.00 Å². The van der Waals surface area contributed by atoms with E-state index in [1.54, 1.807) is 24.3 Å². The molecule has 0 atom stereocenters. The van der Waals surface area contributed by atoms with Crippen molar-refractivity contribution in [2.75, 3.05) is 19.6 Å². The predicted molar refractivity (Wildman–Crippen MR) is 85.9 cm³/mol. The van der Waals surface area contributed by atoms with Gasteiger partial charge in [-0.15, -0.1) is 0 Å². The Morgan fingerprint density at radius 2 is 1.82 bits per heavy atom. The van der Waals surface area contributed by atoms with Gasteiger partial charge in [0, 0.05) is 18.2 Å². The number of phenols is 1. The lowest BCUT2D eigenvalue weighted by Gasteiger charge is -2.14. The SMILES string of the molecule is O=c1ccc(-c2ccccc2O)nn1CCCN1CCCC1. The van der Waals surface area contributed by atoms with Crippen LogP contribution in [0, 0.1) is 0 Å². The largest absolute Gasteiger partial charge is 0.507 e. The molecule has 2 aromatic rings. The van der Waals surface area contributed by atoms with E-state index in [4.69, 9.17) is 0 Å². The van der Waals surface area contributed by atoms with Crippen LogP contribution in [-0.2, 0) is 6.54 Å². The third-order valence-electron chi connectivity index (χ3n) is 4.09. The minimum Gasteiger partial charge on any atom is -0.507 e. The van der Waals surface area contributed by atoms with Crippen LogP contribution < -0.4 is 5.56 Å². The van der Waals surface area contributed by atoms with Crippen molar-refractivity contribution in [3.05, 3.63) is 46.8 Å². The van der Waals surface area contributed by atoms with Crippen LogP contribution in [0.2, 0.25) is 0 Å². The average Bonchev–Trinajstić information content (AvgIpc) is 3.03. The molecule has 0 saturated carbocycles. The van der Waals surface area contributed by atoms with Crippen molar-refractivity contribution in [3.63, 3.8) is 0 Å². The molecule has 1 aromatic carbocycles. The second-order valence-electron chi connectivity index (χ2n) is 5.70. The van der Waals surface area contributed by atoms with Gasteiger partial charge in [-0.3, -0.25) is 4.79 Å². The van der Waals surface area contributed by atoms with E-state index in [1.807, 2.05) is 6.07 Å². The van der Waals surface area contributed by atoms with Crippen LogP contribution in [0.15, 0.2) is 41.2 Å². The second kappa shape index (κ2) is 6.75. The number of hydrogen-bond donors (Lipinski definition) is 1. The number of hydrogen-bond acceptors (Lipinski definition) is 4. The highest BCUT2D eigenvalue weighted by molar-refractivity contribution is 5.65. The Morgan fingerprint density at radius 3 is 2.59 bits per heavy atom. The van der Waals surface area contributed by atoms with Gasteiger partial charge in [-0.05, 0) is 57.1 Å². The van der Waals surface area contributed by atoms with Gasteiger partial charge in [0.15, 0.2) is 0 Å². The van der Waals surface area contributed by atoms with Gasteiger partial charge in [-0.1, -0.05) is 12.1 Å². The fourth-order valence-electron chi connectivity index (χ4n) is 2.89. The number of aryl methyl sites for hydroxylation is 1. The molecule has 0 unspecified atom stereocenters. The van der Waals surface area contributed by atoms with Crippen molar-refractivity contribution in [1.29, 1.82) is 0 Å². The highest BCUT2D eigenvalue weighted by Crippen LogP contribution is 2.25. The number of nitrogens with zero attached hydrogens (tertiary/aromatic N) is 3. The van der Waals surface area contributed by atoms with E-state index in [0.29, 0.717) is 17.8 Å². The summed E-state index contributed by atoms with van der Waals surface area (Å²) in [5.41, 5.74) is 1.18. The first-order chi connectivity index (χ1) is 10.7. The lowest BCUT2D eigenvalue weighted by Crippen LogP contribution is -2.26. The summed E-state index contributed by atoms with van der Waals surface area (Å²) in [4.78, 5) is 14.4. The molecule has 5 heteroatoms. The fraction of sp³-hybridized carbons (Fsp3) is 0.412. The molecule has 0 amide bonds. The number of likely N-dealkylation sites (tertiary alicyclic amines) is 1. The molecule has 2 heterocycles. The molecule has 0 spiro atoms. The van der Waals surface area contributed by atoms with E-state index in [1.165, 1.54) is 36.7 Å². The highest BCUT2D eigenvalue weighted by atomic mass is 16.3. The molecule has 5 nitrogen and oxygen atoms in total. The highest BCUT2D eigenvalue weighted by Gasteiger charge is 2.11. The normalized spacial score (nSPS) is 15.3. The summed E-state index contributed by atoms with van der Waals surface area (Å²) >= 11 is 0. The van der Waals surface area contributed by atoms with Gasteiger partial charge in [-0.2, -0.15) is 5.10 Å². The monoisotopic (exact) mass is 299 g/mol. The fourth-order valence-corrected chi connectivity index (χ4v) is 2.89. The maximum Gasteiger partial charge on any atom is 0.266 e. The van der Waals surface area contributed by atoms with Crippen LogP contribution in [0.25, 0.3) is 11.3 Å². The average molecular weight is 299 g/mol. The Balaban J connectivity index is 1.72. The lowest BCUT2D eigenvalue weighted by molar-refractivity contribution is 0.320. The molecule has 0 radical (unpaired) electrons. The molecule has 1 fully saturated rings. The van der Waals surface area contributed by atoms with Crippen molar-refractivity contribution in [2.45, 2.75) is 25.8 Å². The minimum absolute atomic E-state index is 0.0967. The minimum atomic E-state index is -0.0967. The van der Waals surface area contributed by atoms with Gasteiger partial charge in [0.2, 0.25) is 0 Å². The topological polar surface area (TPSA) is 58.4 Å². The standard InChI is InChI=1S/C17H21N3O2/c21-16-7-2-1-6-14(16)15-8-9-17(22)20(18-15)13-5-12-19-10-3-4-11-19/h1-2,6-9,21H,3-5,10-13H2. The van der Waals surface area contributed by atoms with Gasteiger partial charge < -0.3 is 10.0 Å². The van der Waals surface area contributed by atoms with E-state index in [-0.39, 0.29) is 11.3 Å². The van der Waals surface area contributed by atoms with Crippen molar-refractivity contribution in [2.24, 2.45) is 0 Å². The third kappa shape index (κ3) is 3.36. The number of para-hydroxylation sites is 1.